The summed E-state index contributed by atoms with van der Waals surface area (Å²) in [5, 5.41) is 8.47. The van der Waals surface area contributed by atoms with Crippen molar-refractivity contribution >= 4 is 5.78 Å². The normalized spacial score (nSPS) is 13.7. The van der Waals surface area contributed by atoms with Crippen molar-refractivity contribution in [3.8, 4) is 0 Å². The van der Waals surface area contributed by atoms with Crippen LogP contribution in [0.25, 0.3) is 0 Å². The molecule has 0 aromatic rings. The van der Waals surface area contributed by atoms with Crippen molar-refractivity contribution in [2.45, 2.75) is 26.3 Å². The molecule has 3 heteroatoms. The molecule has 0 saturated carbocycles. The molecule has 0 heterocycles. The lowest BCUT2D eigenvalue weighted by Gasteiger charge is -2.07. The Bertz CT molecular complexity index is 112. The lowest BCUT2D eigenvalue weighted by atomic mass is 10.0. The summed E-state index contributed by atoms with van der Waals surface area (Å²) in [6.07, 6.45) is 0.460. The van der Waals surface area contributed by atoms with Crippen LogP contribution in [0.15, 0.2) is 0 Å². The number of hydrogen-bond acceptors (Lipinski definition) is 3. The van der Waals surface area contributed by atoms with E-state index < -0.39 is 6.04 Å². The molecule has 0 aliphatic carbocycles. The monoisotopic (exact) mass is 145 g/mol. The fraction of sp³-hybridized carbons (Fsp3) is 0.857. The van der Waals surface area contributed by atoms with Gasteiger partial charge in [-0.3, -0.25) is 4.79 Å². The molecule has 0 bridgehead atoms. The molecular formula is C7H15NO2. The van der Waals surface area contributed by atoms with Gasteiger partial charge in [-0.05, 0) is 5.92 Å². The Hall–Kier alpha value is -0.410. The lowest BCUT2D eigenvalue weighted by Crippen LogP contribution is -2.34. The molecule has 1 atom stereocenters. The Kier molecular flexibility index (Phi) is 4.23. The molecule has 0 saturated heterocycles. The number of carbonyl (C=O) groups excluding carboxylic acids is 1. The van der Waals surface area contributed by atoms with Crippen molar-refractivity contribution in [2.24, 2.45) is 11.7 Å². The summed E-state index contributed by atoms with van der Waals surface area (Å²) in [6, 6.07) is -0.678. The number of hydrogen-bond donors (Lipinski definition) is 2. The van der Waals surface area contributed by atoms with Crippen LogP contribution in [0.3, 0.4) is 0 Å². The van der Waals surface area contributed by atoms with Crippen molar-refractivity contribution < 1.29 is 9.90 Å². The van der Waals surface area contributed by atoms with E-state index in [2.05, 4.69) is 0 Å². The van der Waals surface area contributed by atoms with E-state index in [0.717, 1.165) is 0 Å². The molecule has 1 unspecified atom stereocenters. The number of carbonyl (C=O) groups is 1. The first-order valence-corrected chi connectivity index (χ1v) is 3.47. The van der Waals surface area contributed by atoms with Gasteiger partial charge in [-0.15, -0.1) is 0 Å². The van der Waals surface area contributed by atoms with E-state index in [9.17, 15) is 4.79 Å². The second kappa shape index (κ2) is 4.41. The quantitative estimate of drug-likeness (QED) is 0.581. The van der Waals surface area contributed by atoms with Gasteiger partial charge in [0.15, 0.2) is 5.78 Å². The minimum absolute atomic E-state index is 0.0579. The molecule has 0 aromatic heterocycles. The van der Waals surface area contributed by atoms with Crippen molar-refractivity contribution in [3.05, 3.63) is 0 Å². The summed E-state index contributed by atoms with van der Waals surface area (Å²) < 4.78 is 0. The minimum atomic E-state index is -0.678. The fourth-order valence-electron chi connectivity index (χ4n) is 0.656. The highest BCUT2D eigenvalue weighted by atomic mass is 16.3. The molecule has 60 valence electrons. The van der Waals surface area contributed by atoms with E-state index >= 15 is 0 Å². The number of aliphatic hydroxyl groups excluding tert-OH is 1. The zero-order valence-electron chi connectivity index (χ0n) is 6.50. The molecule has 0 aliphatic rings. The summed E-state index contributed by atoms with van der Waals surface area (Å²) in [7, 11) is 0. The summed E-state index contributed by atoms with van der Waals surface area (Å²) in [5.74, 6) is 0.266. The van der Waals surface area contributed by atoms with Gasteiger partial charge in [0.25, 0.3) is 0 Å². The Labute approximate surface area is 61.2 Å². The average molecular weight is 145 g/mol. The molecule has 0 aromatic carbocycles. The third-order valence-electron chi connectivity index (χ3n) is 1.22. The summed E-state index contributed by atoms with van der Waals surface area (Å²) in [6.45, 7) is 3.65. The highest BCUT2D eigenvalue weighted by Crippen LogP contribution is 2.01. The zero-order chi connectivity index (χ0) is 8.15. The molecule has 10 heavy (non-hydrogen) atoms. The highest BCUT2D eigenvalue weighted by molar-refractivity contribution is 5.83. The Morgan fingerprint density at radius 3 is 2.40 bits per heavy atom. The van der Waals surface area contributed by atoms with Crippen LogP contribution in [0.5, 0.6) is 0 Å². The highest BCUT2D eigenvalue weighted by Gasteiger charge is 2.12. The van der Waals surface area contributed by atoms with Crippen LogP contribution >= 0.6 is 0 Å². The number of ketones is 1. The van der Waals surface area contributed by atoms with Gasteiger partial charge < -0.3 is 10.8 Å². The Balaban J connectivity index is 3.62. The number of Topliss-reactive ketones (excluding diaryl/α,β-unsaturated/α-hetero) is 1. The van der Waals surface area contributed by atoms with E-state index in [1.807, 2.05) is 13.8 Å². The van der Waals surface area contributed by atoms with Crippen molar-refractivity contribution in [1.29, 1.82) is 0 Å². The molecule has 3 nitrogen and oxygen atoms in total. The lowest BCUT2D eigenvalue weighted by molar-refractivity contribution is -0.121. The summed E-state index contributed by atoms with van der Waals surface area (Å²) >= 11 is 0. The Morgan fingerprint density at radius 2 is 2.10 bits per heavy atom. The average Bonchev–Trinajstić information content (AvgIpc) is 1.85. The van der Waals surface area contributed by atoms with Gasteiger partial charge in [0.2, 0.25) is 0 Å². The molecule has 0 amide bonds. The SMILES string of the molecule is CC(C)CC(=O)C(N)CO. The van der Waals surface area contributed by atoms with Crippen LogP contribution in [0.1, 0.15) is 20.3 Å². The van der Waals surface area contributed by atoms with Gasteiger partial charge in [-0.25, -0.2) is 0 Å². The standard InChI is InChI=1S/C7H15NO2/c1-5(2)3-7(10)6(8)4-9/h5-6,9H,3-4,8H2,1-2H3. The van der Waals surface area contributed by atoms with Crippen LogP contribution in [0.2, 0.25) is 0 Å². The maximum absolute atomic E-state index is 10.9. The first-order chi connectivity index (χ1) is 4.57. The predicted octanol–water partition coefficient (Wildman–Crippen LogP) is -0.0788. The predicted molar refractivity (Wildman–Crippen MR) is 39.5 cm³/mol. The molecule has 0 spiro atoms. The number of rotatable bonds is 4. The van der Waals surface area contributed by atoms with Gasteiger partial charge in [0.05, 0.1) is 12.6 Å². The fourth-order valence-corrected chi connectivity index (χ4v) is 0.656. The van der Waals surface area contributed by atoms with E-state index in [1.54, 1.807) is 0 Å². The van der Waals surface area contributed by atoms with Crippen LogP contribution < -0.4 is 5.73 Å². The first-order valence-electron chi connectivity index (χ1n) is 3.47. The van der Waals surface area contributed by atoms with E-state index in [-0.39, 0.29) is 12.4 Å². The van der Waals surface area contributed by atoms with Gasteiger partial charge >= 0.3 is 0 Å². The first kappa shape index (κ1) is 9.59. The van der Waals surface area contributed by atoms with Crippen molar-refractivity contribution in [1.82, 2.24) is 0 Å². The van der Waals surface area contributed by atoms with Crippen LogP contribution in [0.4, 0.5) is 0 Å². The van der Waals surface area contributed by atoms with E-state index in [1.165, 1.54) is 0 Å². The maximum Gasteiger partial charge on any atom is 0.152 e. The van der Waals surface area contributed by atoms with Gasteiger partial charge in [-0.2, -0.15) is 0 Å². The van der Waals surface area contributed by atoms with Gasteiger partial charge in [0.1, 0.15) is 0 Å². The third kappa shape index (κ3) is 3.58. The maximum atomic E-state index is 10.9. The van der Waals surface area contributed by atoms with Crippen LogP contribution in [-0.4, -0.2) is 23.5 Å². The molecular weight excluding hydrogens is 130 g/mol. The smallest absolute Gasteiger partial charge is 0.152 e. The van der Waals surface area contributed by atoms with Crippen LogP contribution in [-0.2, 0) is 4.79 Å². The Morgan fingerprint density at radius 1 is 1.60 bits per heavy atom. The summed E-state index contributed by atoms with van der Waals surface area (Å²) in [5.41, 5.74) is 5.27. The molecule has 3 N–H and O–H groups in total. The van der Waals surface area contributed by atoms with Crippen molar-refractivity contribution in [2.75, 3.05) is 6.61 Å². The third-order valence-corrected chi connectivity index (χ3v) is 1.22. The molecule has 0 aliphatic heterocycles. The minimum Gasteiger partial charge on any atom is -0.394 e. The van der Waals surface area contributed by atoms with E-state index in [0.29, 0.717) is 12.3 Å². The molecule has 0 fully saturated rings. The second-order valence-electron chi connectivity index (χ2n) is 2.85. The van der Waals surface area contributed by atoms with Crippen molar-refractivity contribution in [3.63, 3.8) is 0 Å². The topological polar surface area (TPSA) is 63.3 Å². The van der Waals surface area contributed by atoms with E-state index in [4.69, 9.17) is 10.8 Å². The van der Waals surface area contributed by atoms with Crippen LogP contribution in [0, 0.1) is 5.92 Å². The number of aliphatic hydroxyl groups is 1. The molecule has 0 rings (SSSR count). The summed E-state index contributed by atoms with van der Waals surface area (Å²) in [4.78, 5) is 10.9. The van der Waals surface area contributed by atoms with Gasteiger partial charge in [0, 0.05) is 6.42 Å². The zero-order valence-corrected chi connectivity index (χ0v) is 6.50. The second-order valence-corrected chi connectivity index (χ2v) is 2.85. The largest absolute Gasteiger partial charge is 0.394 e. The molecule has 0 radical (unpaired) electrons. The number of nitrogens with two attached hydrogens (primary N) is 1. The van der Waals surface area contributed by atoms with Gasteiger partial charge in [-0.1, -0.05) is 13.8 Å².